The Hall–Kier alpha value is 0.110. The average Bonchev–Trinajstić information content (AvgIpc) is 2.45. The van der Waals surface area contributed by atoms with E-state index in [0.717, 1.165) is 12.2 Å². The molecule has 0 aromatic rings. The second-order valence-corrected chi connectivity index (χ2v) is 6.51. The molecule has 14 heavy (non-hydrogen) atoms. The molecule has 0 aliphatic heterocycles. The lowest BCUT2D eigenvalue weighted by Crippen LogP contribution is -2.33. The molecule has 0 radical (unpaired) electrons. The molecule has 1 N–H and O–H groups in total. The van der Waals surface area contributed by atoms with E-state index in [1.54, 1.807) is 0 Å². The largest absolute Gasteiger partial charge is 0.317 e. The van der Waals surface area contributed by atoms with Crippen LogP contribution in [0.5, 0.6) is 0 Å². The van der Waals surface area contributed by atoms with Crippen LogP contribution in [-0.2, 0) is 10.8 Å². The van der Waals surface area contributed by atoms with Gasteiger partial charge < -0.3 is 5.32 Å². The Balaban J connectivity index is 2.50. The van der Waals surface area contributed by atoms with Gasteiger partial charge >= 0.3 is 0 Å². The van der Waals surface area contributed by atoms with Gasteiger partial charge in [-0.2, -0.15) is 0 Å². The van der Waals surface area contributed by atoms with Gasteiger partial charge in [0.1, 0.15) is 0 Å². The first-order valence-electron chi connectivity index (χ1n) is 5.60. The molecule has 0 heterocycles. The van der Waals surface area contributed by atoms with Gasteiger partial charge in [0.15, 0.2) is 0 Å². The van der Waals surface area contributed by atoms with Crippen molar-refractivity contribution in [2.24, 2.45) is 11.8 Å². The third kappa shape index (κ3) is 2.80. The van der Waals surface area contributed by atoms with Crippen LogP contribution in [0.1, 0.15) is 33.6 Å². The van der Waals surface area contributed by atoms with E-state index in [-0.39, 0.29) is 0 Å². The minimum atomic E-state index is -0.618. The zero-order valence-corrected chi connectivity index (χ0v) is 10.6. The van der Waals surface area contributed by atoms with Crippen molar-refractivity contribution in [3.63, 3.8) is 0 Å². The Morgan fingerprint density at radius 2 is 2.07 bits per heavy atom. The van der Waals surface area contributed by atoms with Crippen molar-refractivity contribution in [3.8, 4) is 0 Å². The SMILES string of the molecule is CNC1CCC(S(=O)CC(C)C)C1C. The van der Waals surface area contributed by atoms with Crippen LogP contribution in [0.4, 0.5) is 0 Å². The van der Waals surface area contributed by atoms with E-state index < -0.39 is 10.8 Å². The Labute approximate surface area is 90.3 Å². The number of hydrogen-bond acceptors (Lipinski definition) is 2. The van der Waals surface area contributed by atoms with E-state index in [4.69, 9.17) is 0 Å². The lowest BCUT2D eigenvalue weighted by molar-refractivity contribution is 0.459. The lowest BCUT2D eigenvalue weighted by atomic mass is 10.1. The standard InChI is InChI=1S/C11H23NOS/c1-8(2)7-14(13)11-6-5-10(12-4)9(11)3/h8-12H,5-7H2,1-4H3. The summed E-state index contributed by atoms with van der Waals surface area (Å²) in [7, 11) is 1.39. The molecular weight excluding hydrogens is 194 g/mol. The van der Waals surface area contributed by atoms with Crippen molar-refractivity contribution in [1.82, 2.24) is 5.32 Å². The van der Waals surface area contributed by atoms with Crippen LogP contribution >= 0.6 is 0 Å². The summed E-state index contributed by atoms with van der Waals surface area (Å²) in [6.07, 6.45) is 2.32. The predicted molar refractivity (Wildman–Crippen MR) is 62.9 cm³/mol. The molecule has 1 fully saturated rings. The molecule has 0 amide bonds. The van der Waals surface area contributed by atoms with Crippen LogP contribution in [-0.4, -0.2) is 28.3 Å². The minimum absolute atomic E-state index is 0.426. The molecular formula is C11H23NOS. The van der Waals surface area contributed by atoms with Crippen LogP contribution in [0.25, 0.3) is 0 Å². The first-order valence-corrected chi connectivity index (χ1v) is 6.99. The third-order valence-corrected chi connectivity index (χ3v) is 5.52. The van der Waals surface area contributed by atoms with Gasteiger partial charge in [0.2, 0.25) is 0 Å². The Morgan fingerprint density at radius 3 is 2.50 bits per heavy atom. The van der Waals surface area contributed by atoms with E-state index in [1.807, 2.05) is 7.05 Å². The maximum Gasteiger partial charge on any atom is 0.0389 e. The van der Waals surface area contributed by atoms with Crippen LogP contribution in [0.2, 0.25) is 0 Å². The Morgan fingerprint density at radius 1 is 1.43 bits per heavy atom. The van der Waals surface area contributed by atoms with E-state index in [2.05, 4.69) is 26.1 Å². The summed E-state index contributed by atoms with van der Waals surface area (Å²) in [5.41, 5.74) is 0. The highest BCUT2D eigenvalue weighted by Crippen LogP contribution is 2.30. The molecule has 2 nitrogen and oxygen atoms in total. The van der Waals surface area contributed by atoms with Crippen molar-refractivity contribution < 1.29 is 4.21 Å². The third-order valence-electron chi connectivity index (χ3n) is 3.19. The quantitative estimate of drug-likeness (QED) is 0.778. The van der Waals surface area contributed by atoms with Gasteiger partial charge in [0, 0.05) is 27.8 Å². The number of nitrogens with one attached hydrogen (secondary N) is 1. The van der Waals surface area contributed by atoms with Crippen molar-refractivity contribution in [3.05, 3.63) is 0 Å². The molecule has 1 saturated carbocycles. The molecule has 1 rings (SSSR count). The van der Waals surface area contributed by atoms with E-state index >= 15 is 0 Å². The zero-order valence-electron chi connectivity index (χ0n) is 9.75. The maximum atomic E-state index is 12.0. The van der Waals surface area contributed by atoms with Gasteiger partial charge in [-0.3, -0.25) is 4.21 Å². The Bertz CT molecular complexity index is 205. The molecule has 1 aliphatic rings. The smallest absolute Gasteiger partial charge is 0.0389 e. The molecule has 1 aliphatic carbocycles. The topological polar surface area (TPSA) is 29.1 Å². The summed E-state index contributed by atoms with van der Waals surface area (Å²) < 4.78 is 12.0. The molecule has 4 unspecified atom stereocenters. The fourth-order valence-electron chi connectivity index (χ4n) is 2.36. The van der Waals surface area contributed by atoms with E-state index in [0.29, 0.717) is 23.1 Å². The van der Waals surface area contributed by atoms with E-state index in [1.165, 1.54) is 6.42 Å². The zero-order chi connectivity index (χ0) is 10.7. The predicted octanol–water partition coefficient (Wildman–Crippen LogP) is 1.78. The molecule has 0 aromatic carbocycles. The fourth-order valence-corrected chi connectivity index (χ4v) is 4.33. The van der Waals surface area contributed by atoms with Gasteiger partial charge in [-0.05, 0) is 31.7 Å². The van der Waals surface area contributed by atoms with Crippen LogP contribution in [0.3, 0.4) is 0 Å². The van der Waals surface area contributed by atoms with Crippen molar-refractivity contribution in [1.29, 1.82) is 0 Å². The highest BCUT2D eigenvalue weighted by atomic mass is 32.2. The molecule has 84 valence electrons. The molecule has 0 aromatic heterocycles. The molecule has 3 heteroatoms. The summed E-state index contributed by atoms with van der Waals surface area (Å²) in [4.78, 5) is 0. The lowest BCUT2D eigenvalue weighted by Gasteiger charge is -2.20. The maximum absolute atomic E-state index is 12.0. The van der Waals surface area contributed by atoms with E-state index in [9.17, 15) is 4.21 Å². The molecule has 0 saturated heterocycles. The second-order valence-electron chi connectivity index (χ2n) is 4.81. The second kappa shape index (κ2) is 5.26. The summed E-state index contributed by atoms with van der Waals surface area (Å²) in [5, 5.41) is 3.74. The summed E-state index contributed by atoms with van der Waals surface area (Å²) in [6, 6.07) is 0.580. The van der Waals surface area contributed by atoms with Gasteiger partial charge in [-0.15, -0.1) is 0 Å². The number of hydrogen-bond donors (Lipinski definition) is 1. The van der Waals surface area contributed by atoms with Crippen molar-refractivity contribution >= 4 is 10.8 Å². The van der Waals surface area contributed by atoms with Crippen LogP contribution < -0.4 is 5.32 Å². The molecule has 0 spiro atoms. The Kier molecular flexibility index (Phi) is 4.58. The van der Waals surface area contributed by atoms with Crippen molar-refractivity contribution in [2.45, 2.75) is 44.9 Å². The summed E-state index contributed by atoms with van der Waals surface area (Å²) in [6.45, 7) is 6.53. The van der Waals surface area contributed by atoms with Crippen LogP contribution in [0.15, 0.2) is 0 Å². The van der Waals surface area contributed by atoms with Gasteiger partial charge in [0.05, 0.1) is 0 Å². The highest BCUT2D eigenvalue weighted by Gasteiger charge is 2.35. The van der Waals surface area contributed by atoms with Crippen LogP contribution in [0, 0.1) is 11.8 Å². The molecule has 4 atom stereocenters. The molecule has 0 bridgehead atoms. The van der Waals surface area contributed by atoms with Gasteiger partial charge in [0.25, 0.3) is 0 Å². The van der Waals surface area contributed by atoms with Crippen molar-refractivity contribution in [2.75, 3.05) is 12.8 Å². The average molecular weight is 217 g/mol. The fraction of sp³-hybridized carbons (Fsp3) is 1.00. The first kappa shape index (κ1) is 12.2. The normalized spacial score (nSPS) is 35.1. The highest BCUT2D eigenvalue weighted by molar-refractivity contribution is 7.85. The minimum Gasteiger partial charge on any atom is -0.317 e. The summed E-state index contributed by atoms with van der Waals surface area (Å²) >= 11 is 0. The first-order chi connectivity index (χ1) is 6.56. The van der Waals surface area contributed by atoms with Gasteiger partial charge in [-0.25, -0.2) is 0 Å². The number of rotatable bonds is 4. The van der Waals surface area contributed by atoms with Gasteiger partial charge in [-0.1, -0.05) is 20.8 Å². The monoisotopic (exact) mass is 217 g/mol. The summed E-state index contributed by atoms with van der Waals surface area (Å²) in [5.74, 6) is 1.99.